The van der Waals surface area contributed by atoms with E-state index < -0.39 is 0 Å². The highest BCUT2D eigenvalue weighted by Crippen LogP contribution is 2.20. The molecule has 6 heteroatoms. The third kappa shape index (κ3) is 7.46. The fraction of sp³-hybridized carbons (Fsp3) is 0.650. The number of aromatic nitrogens is 1. The highest BCUT2D eigenvalue weighted by Gasteiger charge is 2.24. The van der Waals surface area contributed by atoms with Crippen LogP contribution in [0, 0.1) is 5.92 Å². The number of ketones is 1. The molecule has 1 aromatic rings. The summed E-state index contributed by atoms with van der Waals surface area (Å²) in [5, 5.41) is 3.61. The molecule has 1 heterocycles. The van der Waals surface area contributed by atoms with Crippen LogP contribution in [0.4, 0.5) is 0 Å². The van der Waals surface area contributed by atoms with Gasteiger partial charge in [-0.05, 0) is 31.9 Å². The average Bonchev–Trinajstić information content (AvgIpc) is 2.68. The van der Waals surface area contributed by atoms with Gasteiger partial charge >= 0.3 is 5.97 Å². The number of nitrogens with zero attached hydrogens (tertiary/aromatic N) is 1. The zero-order valence-corrected chi connectivity index (χ0v) is 16.4. The molecule has 5 nitrogen and oxygen atoms in total. The fourth-order valence-electron chi connectivity index (χ4n) is 3.26. The van der Waals surface area contributed by atoms with Gasteiger partial charge in [0.1, 0.15) is 0 Å². The van der Waals surface area contributed by atoms with E-state index in [9.17, 15) is 9.59 Å². The first-order valence-electron chi connectivity index (χ1n) is 9.61. The number of hydrogen-bond acceptors (Lipinski definition) is 6. The molecule has 0 saturated heterocycles. The Bertz CT molecular complexity index is 547. The molecule has 1 unspecified atom stereocenters. The van der Waals surface area contributed by atoms with Crippen LogP contribution in [0.5, 0.6) is 0 Å². The quantitative estimate of drug-likeness (QED) is 0.361. The number of hydrogen-bond donors (Lipinski definition) is 1. The number of carbonyl (C=O) groups is 2. The second-order valence-electron chi connectivity index (χ2n) is 6.68. The van der Waals surface area contributed by atoms with Crippen molar-refractivity contribution in [2.45, 2.75) is 51.5 Å². The molecule has 1 atom stereocenters. The minimum atomic E-state index is -0.363. The summed E-state index contributed by atoms with van der Waals surface area (Å²) in [6.07, 6.45) is 9.89. The van der Waals surface area contributed by atoms with Gasteiger partial charge in [0, 0.05) is 48.0 Å². The van der Waals surface area contributed by atoms with E-state index in [4.69, 9.17) is 4.74 Å². The van der Waals surface area contributed by atoms with Crippen molar-refractivity contribution in [3.63, 3.8) is 0 Å². The van der Waals surface area contributed by atoms with Crippen LogP contribution in [0.25, 0.3) is 0 Å². The summed E-state index contributed by atoms with van der Waals surface area (Å²) in [4.78, 5) is 28.6. The molecule has 2 rings (SSSR count). The molecule has 1 saturated carbocycles. The number of Topliss-reactive ketones (excluding diaryl/α,β-unsaturated/α-hetero) is 1. The van der Waals surface area contributed by atoms with E-state index in [1.54, 1.807) is 43.2 Å². The van der Waals surface area contributed by atoms with E-state index in [-0.39, 0.29) is 24.1 Å². The maximum absolute atomic E-state index is 12.7. The summed E-state index contributed by atoms with van der Waals surface area (Å²) in [5.41, 5.74) is 0.558. The average molecular weight is 379 g/mol. The molecule has 0 radical (unpaired) electrons. The number of rotatable bonds is 11. The predicted molar refractivity (Wildman–Crippen MR) is 106 cm³/mol. The Hall–Kier alpha value is -1.40. The van der Waals surface area contributed by atoms with Crippen molar-refractivity contribution in [3.05, 3.63) is 30.1 Å². The van der Waals surface area contributed by atoms with Gasteiger partial charge in [0.25, 0.3) is 0 Å². The lowest BCUT2D eigenvalue weighted by Crippen LogP contribution is -2.32. The number of ether oxygens (including phenoxy) is 1. The Morgan fingerprint density at radius 1 is 1.35 bits per heavy atom. The minimum absolute atomic E-state index is 0.0288. The van der Waals surface area contributed by atoms with Crippen LogP contribution in [0.15, 0.2) is 24.5 Å². The van der Waals surface area contributed by atoms with Crippen molar-refractivity contribution < 1.29 is 14.3 Å². The summed E-state index contributed by atoms with van der Waals surface area (Å²) in [6.45, 7) is 3.06. The van der Waals surface area contributed by atoms with Gasteiger partial charge in [0.05, 0.1) is 13.0 Å². The highest BCUT2D eigenvalue weighted by atomic mass is 32.2. The topological polar surface area (TPSA) is 68.3 Å². The summed E-state index contributed by atoms with van der Waals surface area (Å²) in [6, 6.07) is 4.15. The third-order valence-corrected chi connectivity index (χ3v) is 5.77. The molecule has 26 heavy (non-hydrogen) atoms. The Kier molecular flexibility index (Phi) is 9.71. The first-order chi connectivity index (χ1) is 12.7. The zero-order valence-electron chi connectivity index (χ0n) is 15.6. The van der Waals surface area contributed by atoms with Crippen molar-refractivity contribution >= 4 is 23.5 Å². The van der Waals surface area contributed by atoms with Crippen LogP contribution in [0.1, 0.15) is 55.8 Å². The van der Waals surface area contributed by atoms with Crippen molar-refractivity contribution in [2.75, 3.05) is 24.7 Å². The summed E-state index contributed by atoms with van der Waals surface area (Å²) >= 11 is 1.72. The molecule has 1 aliphatic rings. The molecule has 1 aliphatic carbocycles. The van der Waals surface area contributed by atoms with Gasteiger partial charge in [-0.3, -0.25) is 14.6 Å². The van der Waals surface area contributed by atoms with Gasteiger partial charge < -0.3 is 10.1 Å². The molecule has 144 valence electrons. The van der Waals surface area contributed by atoms with E-state index in [1.165, 1.54) is 32.1 Å². The number of carbonyl (C=O) groups excluding carboxylic acids is 2. The monoisotopic (exact) mass is 378 g/mol. The normalized spacial score (nSPS) is 16.2. The Morgan fingerprint density at radius 2 is 2.15 bits per heavy atom. The van der Waals surface area contributed by atoms with Crippen LogP contribution in [0.3, 0.4) is 0 Å². The lowest BCUT2D eigenvalue weighted by Gasteiger charge is -2.23. The molecular weight excluding hydrogens is 348 g/mol. The van der Waals surface area contributed by atoms with Crippen LogP contribution in [0.2, 0.25) is 0 Å². The van der Waals surface area contributed by atoms with E-state index in [1.807, 2.05) is 0 Å². The standard InChI is InChI=1S/C20H30N2O3S/c1-2-25-19(23)13-17(20(24)16-7-6-10-21-14-16)15-26-12-11-22-18-8-4-3-5-9-18/h6-7,10,14,17-18,22H,2-5,8-9,11-13,15H2,1H3. The summed E-state index contributed by atoms with van der Waals surface area (Å²) in [7, 11) is 0. The molecule has 0 bridgehead atoms. The SMILES string of the molecule is CCOC(=O)CC(CSCCNC1CCCCC1)C(=O)c1cccnc1. The molecule has 0 amide bonds. The Morgan fingerprint density at radius 3 is 2.85 bits per heavy atom. The number of pyridine rings is 1. The van der Waals surface area contributed by atoms with E-state index in [0.29, 0.717) is 24.0 Å². The highest BCUT2D eigenvalue weighted by molar-refractivity contribution is 7.99. The van der Waals surface area contributed by atoms with Crippen molar-refractivity contribution in [1.82, 2.24) is 10.3 Å². The van der Waals surface area contributed by atoms with Crippen LogP contribution < -0.4 is 5.32 Å². The van der Waals surface area contributed by atoms with Crippen molar-refractivity contribution in [2.24, 2.45) is 5.92 Å². The number of thioether (sulfide) groups is 1. The van der Waals surface area contributed by atoms with Gasteiger partial charge in [0.15, 0.2) is 5.78 Å². The van der Waals surface area contributed by atoms with Gasteiger partial charge in [-0.2, -0.15) is 11.8 Å². The predicted octanol–water partition coefficient (Wildman–Crippen LogP) is 3.49. The smallest absolute Gasteiger partial charge is 0.306 e. The lowest BCUT2D eigenvalue weighted by molar-refractivity contribution is -0.143. The minimum Gasteiger partial charge on any atom is -0.466 e. The summed E-state index contributed by atoms with van der Waals surface area (Å²) < 4.78 is 5.04. The molecular formula is C20H30N2O3S. The van der Waals surface area contributed by atoms with Gasteiger partial charge in [-0.15, -0.1) is 0 Å². The molecule has 1 fully saturated rings. The van der Waals surface area contributed by atoms with Crippen LogP contribution in [-0.4, -0.2) is 47.4 Å². The van der Waals surface area contributed by atoms with Crippen molar-refractivity contribution in [1.29, 1.82) is 0 Å². The largest absolute Gasteiger partial charge is 0.466 e. The molecule has 0 spiro atoms. The Balaban J connectivity index is 1.79. The van der Waals surface area contributed by atoms with Crippen LogP contribution in [-0.2, 0) is 9.53 Å². The number of nitrogens with one attached hydrogen (secondary N) is 1. The zero-order chi connectivity index (χ0) is 18.6. The molecule has 1 N–H and O–H groups in total. The van der Waals surface area contributed by atoms with Gasteiger partial charge in [-0.1, -0.05) is 19.3 Å². The first-order valence-corrected chi connectivity index (χ1v) is 10.8. The third-order valence-electron chi connectivity index (χ3n) is 4.64. The summed E-state index contributed by atoms with van der Waals surface area (Å²) in [5.74, 6) is 0.863. The maximum atomic E-state index is 12.7. The lowest BCUT2D eigenvalue weighted by atomic mass is 9.96. The van der Waals surface area contributed by atoms with E-state index >= 15 is 0 Å². The molecule has 0 aliphatic heterocycles. The van der Waals surface area contributed by atoms with Crippen LogP contribution >= 0.6 is 11.8 Å². The second kappa shape index (κ2) is 12.1. The molecule has 1 aromatic heterocycles. The van der Waals surface area contributed by atoms with Gasteiger partial charge in [0.2, 0.25) is 0 Å². The van der Waals surface area contributed by atoms with E-state index in [0.717, 1.165) is 12.3 Å². The Labute approximate surface area is 160 Å². The van der Waals surface area contributed by atoms with E-state index in [2.05, 4.69) is 10.3 Å². The molecule has 0 aromatic carbocycles. The fourth-order valence-corrected chi connectivity index (χ4v) is 4.24. The first kappa shape index (κ1) is 20.9. The second-order valence-corrected chi connectivity index (χ2v) is 7.83. The maximum Gasteiger partial charge on any atom is 0.306 e. The number of esters is 1. The van der Waals surface area contributed by atoms with Crippen molar-refractivity contribution in [3.8, 4) is 0 Å². The van der Waals surface area contributed by atoms with Gasteiger partial charge in [-0.25, -0.2) is 0 Å².